The Morgan fingerprint density at radius 1 is 1.06 bits per heavy atom. The molecule has 92 valence electrons. The highest BCUT2D eigenvalue weighted by Crippen LogP contribution is 2.23. The van der Waals surface area contributed by atoms with Gasteiger partial charge < -0.3 is 5.32 Å². The van der Waals surface area contributed by atoms with Crippen molar-refractivity contribution in [3.8, 4) is 0 Å². The van der Waals surface area contributed by atoms with Gasteiger partial charge in [-0.15, -0.1) is 0 Å². The minimum absolute atomic E-state index is 0.382. The molecule has 1 aromatic heterocycles. The Morgan fingerprint density at radius 2 is 1.67 bits per heavy atom. The molecule has 2 aromatic rings. The Kier molecular flexibility index (Phi) is 3.11. The molecule has 1 N–H and O–H groups in total. The van der Waals surface area contributed by atoms with Crippen molar-refractivity contribution in [1.82, 2.24) is 10.3 Å². The second-order valence-electron chi connectivity index (χ2n) is 5.04. The molecule has 1 aliphatic rings. The van der Waals surface area contributed by atoms with Gasteiger partial charge in [0, 0.05) is 24.5 Å². The Hall–Kier alpha value is -1.67. The van der Waals surface area contributed by atoms with Gasteiger partial charge in [-0.3, -0.25) is 4.98 Å². The molecule has 2 heteroatoms. The van der Waals surface area contributed by atoms with Crippen LogP contribution >= 0.6 is 0 Å². The summed E-state index contributed by atoms with van der Waals surface area (Å²) in [6.45, 7) is 2.22. The van der Waals surface area contributed by atoms with E-state index < -0.39 is 0 Å². The normalized spacial score (nSPS) is 16.5. The van der Waals surface area contributed by atoms with Crippen LogP contribution in [0.5, 0.6) is 0 Å². The van der Waals surface area contributed by atoms with Crippen LogP contribution in [0.25, 0.3) is 0 Å². The smallest absolute Gasteiger partial charge is 0.0295 e. The molecule has 1 aromatic carbocycles. The van der Waals surface area contributed by atoms with Gasteiger partial charge in [0.15, 0.2) is 0 Å². The highest BCUT2D eigenvalue weighted by Gasteiger charge is 2.22. The van der Waals surface area contributed by atoms with E-state index in [0.29, 0.717) is 12.1 Å². The van der Waals surface area contributed by atoms with Crippen molar-refractivity contribution >= 4 is 0 Å². The third-order valence-corrected chi connectivity index (χ3v) is 3.74. The molecule has 0 saturated heterocycles. The van der Waals surface area contributed by atoms with E-state index in [1.165, 1.54) is 16.7 Å². The molecule has 0 fully saturated rings. The molecule has 1 aliphatic carbocycles. The van der Waals surface area contributed by atoms with Gasteiger partial charge in [0.05, 0.1) is 0 Å². The van der Waals surface area contributed by atoms with Crippen LogP contribution < -0.4 is 5.32 Å². The predicted octanol–water partition coefficient (Wildman–Crippen LogP) is 2.90. The third kappa shape index (κ3) is 2.29. The fourth-order valence-electron chi connectivity index (χ4n) is 2.78. The molecule has 0 aliphatic heterocycles. The topological polar surface area (TPSA) is 24.9 Å². The highest BCUT2D eigenvalue weighted by atomic mass is 14.9. The van der Waals surface area contributed by atoms with Crippen LogP contribution in [0.4, 0.5) is 0 Å². The molecule has 0 spiro atoms. The van der Waals surface area contributed by atoms with Crippen molar-refractivity contribution in [2.75, 3.05) is 0 Å². The zero-order valence-corrected chi connectivity index (χ0v) is 10.6. The molecule has 18 heavy (non-hydrogen) atoms. The summed E-state index contributed by atoms with van der Waals surface area (Å²) in [6.07, 6.45) is 6.00. The summed E-state index contributed by atoms with van der Waals surface area (Å²) in [4.78, 5) is 4.06. The first-order valence-corrected chi connectivity index (χ1v) is 6.55. The average Bonchev–Trinajstić information content (AvgIpc) is 2.82. The standard InChI is InChI=1S/C16H18N2/c1-12(13-6-8-17-9-7-13)18-16-10-14-4-2-3-5-15(14)11-16/h2-9,12,16,18H,10-11H2,1H3. The largest absolute Gasteiger partial charge is 0.307 e. The van der Waals surface area contributed by atoms with Gasteiger partial charge in [0.2, 0.25) is 0 Å². The first-order chi connectivity index (χ1) is 8.83. The Labute approximate surface area is 108 Å². The van der Waals surface area contributed by atoms with Gasteiger partial charge in [-0.1, -0.05) is 24.3 Å². The summed E-state index contributed by atoms with van der Waals surface area (Å²) in [6, 6.07) is 13.9. The summed E-state index contributed by atoms with van der Waals surface area (Å²) in [5.41, 5.74) is 4.30. The maximum absolute atomic E-state index is 4.06. The van der Waals surface area contributed by atoms with E-state index in [0.717, 1.165) is 12.8 Å². The molecular formula is C16H18N2. The summed E-state index contributed by atoms with van der Waals surface area (Å²) in [5.74, 6) is 0. The number of hydrogen-bond acceptors (Lipinski definition) is 2. The second-order valence-corrected chi connectivity index (χ2v) is 5.04. The van der Waals surface area contributed by atoms with E-state index in [9.17, 15) is 0 Å². The molecule has 1 heterocycles. The van der Waals surface area contributed by atoms with E-state index in [2.05, 4.69) is 53.6 Å². The minimum atomic E-state index is 0.382. The maximum Gasteiger partial charge on any atom is 0.0295 e. The monoisotopic (exact) mass is 238 g/mol. The number of rotatable bonds is 3. The Balaban J connectivity index is 1.66. The molecule has 0 amide bonds. The number of pyridine rings is 1. The lowest BCUT2D eigenvalue weighted by atomic mass is 10.1. The van der Waals surface area contributed by atoms with Crippen molar-refractivity contribution < 1.29 is 0 Å². The van der Waals surface area contributed by atoms with Crippen molar-refractivity contribution in [1.29, 1.82) is 0 Å². The predicted molar refractivity (Wildman–Crippen MR) is 73.4 cm³/mol. The van der Waals surface area contributed by atoms with Crippen LogP contribution in [0.1, 0.15) is 29.7 Å². The fraction of sp³-hybridized carbons (Fsp3) is 0.312. The van der Waals surface area contributed by atoms with Gasteiger partial charge in [-0.05, 0) is 48.6 Å². The van der Waals surface area contributed by atoms with E-state index in [1.54, 1.807) is 0 Å². The Morgan fingerprint density at radius 3 is 2.28 bits per heavy atom. The van der Waals surface area contributed by atoms with Gasteiger partial charge in [-0.2, -0.15) is 0 Å². The minimum Gasteiger partial charge on any atom is -0.307 e. The van der Waals surface area contributed by atoms with E-state index in [-0.39, 0.29) is 0 Å². The molecule has 0 saturated carbocycles. The molecule has 3 rings (SSSR count). The number of hydrogen-bond donors (Lipinski definition) is 1. The first kappa shape index (κ1) is 11.4. The molecule has 0 bridgehead atoms. The van der Waals surface area contributed by atoms with Crippen LogP contribution in [0.2, 0.25) is 0 Å². The van der Waals surface area contributed by atoms with Crippen molar-refractivity contribution in [3.05, 3.63) is 65.5 Å². The van der Waals surface area contributed by atoms with Gasteiger partial charge >= 0.3 is 0 Å². The number of fused-ring (bicyclic) bond motifs is 1. The number of nitrogens with zero attached hydrogens (tertiary/aromatic N) is 1. The SMILES string of the molecule is CC(NC1Cc2ccccc2C1)c1ccncc1. The quantitative estimate of drug-likeness (QED) is 0.889. The Bertz CT molecular complexity index is 497. The number of benzene rings is 1. The molecule has 1 unspecified atom stereocenters. The van der Waals surface area contributed by atoms with Crippen LogP contribution in [-0.4, -0.2) is 11.0 Å². The van der Waals surface area contributed by atoms with Gasteiger partial charge in [0.25, 0.3) is 0 Å². The van der Waals surface area contributed by atoms with Crippen LogP contribution in [-0.2, 0) is 12.8 Å². The van der Waals surface area contributed by atoms with Crippen LogP contribution in [0, 0.1) is 0 Å². The highest BCUT2D eigenvalue weighted by molar-refractivity contribution is 5.33. The average molecular weight is 238 g/mol. The van der Waals surface area contributed by atoms with E-state index in [4.69, 9.17) is 0 Å². The summed E-state index contributed by atoms with van der Waals surface area (Å²) >= 11 is 0. The third-order valence-electron chi connectivity index (χ3n) is 3.74. The van der Waals surface area contributed by atoms with Crippen LogP contribution in [0.3, 0.4) is 0 Å². The first-order valence-electron chi connectivity index (χ1n) is 6.55. The van der Waals surface area contributed by atoms with Gasteiger partial charge in [-0.25, -0.2) is 0 Å². The molecular weight excluding hydrogens is 220 g/mol. The summed E-state index contributed by atoms with van der Waals surface area (Å²) < 4.78 is 0. The fourth-order valence-corrected chi connectivity index (χ4v) is 2.78. The zero-order chi connectivity index (χ0) is 12.4. The zero-order valence-electron chi connectivity index (χ0n) is 10.6. The molecule has 2 nitrogen and oxygen atoms in total. The molecule has 1 atom stereocenters. The van der Waals surface area contributed by atoms with Crippen molar-refractivity contribution in [2.45, 2.75) is 31.8 Å². The second kappa shape index (κ2) is 4.91. The lowest BCUT2D eigenvalue weighted by Gasteiger charge is -2.19. The van der Waals surface area contributed by atoms with Crippen LogP contribution in [0.15, 0.2) is 48.8 Å². The molecule has 0 radical (unpaired) electrons. The van der Waals surface area contributed by atoms with E-state index >= 15 is 0 Å². The number of aromatic nitrogens is 1. The van der Waals surface area contributed by atoms with E-state index in [1.807, 2.05) is 12.4 Å². The summed E-state index contributed by atoms with van der Waals surface area (Å²) in [5, 5.41) is 3.71. The maximum atomic E-state index is 4.06. The lowest BCUT2D eigenvalue weighted by molar-refractivity contribution is 0.467. The lowest BCUT2D eigenvalue weighted by Crippen LogP contribution is -2.32. The van der Waals surface area contributed by atoms with Gasteiger partial charge in [0.1, 0.15) is 0 Å². The van der Waals surface area contributed by atoms with Crippen molar-refractivity contribution in [3.63, 3.8) is 0 Å². The number of nitrogens with one attached hydrogen (secondary N) is 1. The summed E-state index contributed by atoms with van der Waals surface area (Å²) in [7, 11) is 0. The van der Waals surface area contributed by atoms with Crippen molar-refractivity contribution in [2.24, 2.45) is 0 Å².